The van der Waals surface area contributed by atoms with Gasteiger partial charge in [-0.05, 0) is 29.3 Å². The average molecular weight is 367 g/mol. The van der Waals surface area contributed by atoms with Crippen LogP contribution in [0.3, 0.4) is 0 Å². The average Bonchev–Trinajstić information content (AvgIpc) is 3.26. The summed E-state index contributed by atoms with van der Waals surface area (Å²) in [6.45, 7) is 3.03. The maximum atomic E-state index is 12.4. The molecule has 0 aliphatic heterocycles. The number of hydrogen-bond donors (Lipinski definition) is 1. The molecule has 0 fully saturated rings. The Labute approximate surface area is 150 Å². The van der Waals surface area contributed by atoms with E-state index in [-0.39, 0.29) is 0 Å². The number of nitrogens with zero attached hydrogens (tertiary/aromatic N) is 1. The number of thiophene rings is 2. The number of amides is 2. The van der Waals surface area contributed by atoms with E-state index < -0.39 is 12.0 Å². The van der Waals surface area contributed by atoms with Gasteiger partial charge >= 0.3 is 12.0 Å². The normalized spacial score (nSPS) is 10.4. The predicted octanol–water partition coefficient (Wildman–Crippen LogP) is 4.56. The number of hydrogen-bond acceptors (Lipinski definition) is 5. The van der Waals surface area contributed by atoms with Crippen LogP contribution in [0.1, 0.15) is 42.4 Å². The van der Waals surface area contributed by atoms with E-state index in [1.165, 1.54) is 0 Å². The van der Waals surface area contributed by atoms with Crippen LogP contribution in [0.25, 0.3) is 0 Å². The maximum absolute atomic E-state index is 12.4. The Hall–Kier alpha value is -1.86. The molecule has 0 radical (unpaired) electrons. The van der Waals surface area contributed by atoms with Crippen LogP contribution in [0.15, 0.2) is 35.0 Å². The lowest BCUT2D eigenvalue weighted by atomic mass is 10.2. The van der Waals surface area contributed by atoms with Crippen LogP contribution in [-0.2, 0) is 22.7 Å². The predicted molar refractivity (Wildman–Crippen MR) is 96.7 cm³/mol. The number of unbranched alkanes of at least 4 members (excludes halogenated alkanes) is 2. The summed E-state index contributed by atoms with van der Waals surface area (Å²) >= 11 is 3.19. The summed E-state index contributed by atoms with van der Waals surface area (Å²) in [4.78, 5) is 32.7. The summed E-state index contributed by atoms with van der Waals surface area (Å²) in [5.41, 5.74) is 2.28. The van der Waals surface area contributed by atoms with Gasteiger partial charge in [-0.25, -0.2) is 9.59 Å². The molecule has 2 aromatic rings. The number of nitrogens with one attached hydrogen (secondary N) is 1. The van der Waals surface area contributed by atoms with Gasteiger partial charge in [-0.15, -0.1) is 22.7 Å². The van der Waals surface area contributed by atoms with Crippen molar-refractivity contribution >= 4 is 34.7 Å². The Morgan fingerprint density at radius 2 is 1.71 bits per heavy atom. The van der Waals surface area contributed by atoms with Crippen LogP contribution in [0.4, 0.5) is 4.79 Å². The van der Waals surface area contributed by atoms with Crippen molar-refractivity contribution in [1.82, 2.24) is 10.4 Å². The van der Waals surface area contributed by atoms with E-state index in [1.54, 1.807) is 27.6 Å². The molecule has 2 heterocycles. The molecular formula is C17H22N2O3S2. The lowest BCUT2D eigenvalue weighted by molar-refractivity contribution is -0.149. The Balaban J connectivity index is 1.87. The SMILES string of the molecule is CCCCCC(=O)ONC(=O)N(Cc1cccs1)Cc1cccs1. The third-order valence-corrected chi connectivity index (χ3v) is 5.10. The Morgan fingerprint density at radius 3 is 2.21 bits per heavy atom. The molecule has 0 saturated carbocycles. The summed E-state index contributed by atoms with van der Waals surface area (Å²) in [6, 6.07) is 7.47. The molecule has 24 heavy (non-hydrogen) atoms. The lowest BCUT2D eigenvalue weighted by Crippen LogP contribution is -2.39. The fourth-order valence-electron chi connectivity index (χ4n) is 2.12. The summed E-state index contributed by atoms with van der Waals surface area (Å²) in [5.74, 6) is -0.399. The quantitative estimate of drug-likeness (QED) is 0.550. The van der Waals surface area contributed by atoms with Crippen molar-refractivity contribution in [2.45, 2.75) is 45.7 Å². The molecule has 130 valence electrons. The van der Waals surface area contributed by atoms with E-state index >= 15 is 0 Å². The highest BCUT2D eigenvalue weighted by molar-refractivity contribution is 7.10. The third kappa shape index (κ3) is 6.33. The van der Waals surface area contributed by atoms with Gasteiger partial charge in [0.2, 0.25) is 0 Å². The molecule has 2 amide bonds. The van der Waals surface area contributed by atoms with Crippen molar-refractivity contribution in [2.75, 3.05) is 0 Å². The summed E-state index contributed by atoms with van der Waals surface area (Å²) in [6.07, 6.45) is 3.12. The molecule has 0 bridgehead atoms. The standard InChI is InChI=1S/C17H22N2O3S2/c1-2-3-4-9-16(20)22-18-17(21)19(12-14-7-5-10-23-14)13-15-8-6-11-24-15/h5-8,10-11H,2-4,9,12-13H2,1H3,(H,18,21). The number of carbonyl (C=O) groups excluding carboxylic acids is 2. The van der Waals surface area contributed by atoms with Crippen LogP contribution in [0.2, 0.25) is 0 Å². The van der Waals surface area contributed by atoms with Crippen LogP contribution >= 0.6 is 22.7 Å². The first-order valence-corrected chi connectivity index (χ1v) is 9.74. The van der Waals surface area contributed by atoms with Gasteiger partial charge in [-0.3, -0.25) is 0 Å². The van der Waals surface area contributed by atoms with Gasteiger partial charge in [0, 0.05) is 16.2 Å². The summed E-state index contributed by atoms with van der Waals surface area (Å²) in [7, 11) is 0. The second-order valence-electron chi connectivity index (χ2n) is 5.35. The Morgan fingerprint density at radius 1 is 1.08 bits per heavy atom. The van der Waals surface area contributed by atoms with Crippen LogP contribution in [-0.4, -0.2) is 16.9 Å². The zero-order valence-electron chi connectivity index (χ0n) is 13.7. The van der Waals surface area contributed by atoms with Crippen molar-refractivity contribution in [3.05, 3.63) is 44.8 Å². The van der Waals surface area contributed by atoms with Gasteiger partial charge in [0.05, 0.1) is 13.1 Å². The van der Waals surface area contributed by atoms with Crippen molar-refractivity contribution in [3.8, 4) is 0 Å². The Bertz CT molecular complexity index is 576. The molecular weight excluding hydrogens is 344 g/mol. The zero-order valence-corrected chi connectivity index (χ0v) is 15.3. The van der Waals surface area contributed by atoms with Gasteiger partial charge < -0.3 is 9.74 Å². The first-order chi connectivity index (χ1) is 11.7. The minimum Gasteiger partial charge on any atom is -0.339 e. The highest BCUT2D eigenvalue weighted by atomic mass is 32.1. The monoisotopic (exact) mass is 366 g/mol. The minimum absolute atomic E-state index is 0.323. The summed E-state index contributed by atoms with van der Waals surface area (Å²) in [5, 5.41) is 3.95. The number of hydroxylamine groups is 1. The summed E-state index contributed by atoms with van der Waals surface area (Å²) < 4.78 is 0. The van der Waals surface area contributed by atoms with E-state index in [2.05, 4.69) is 12.4 Å². The fraction of sp³-hybridized carbons (Fsp3) is 0.412. The largest absolute Gasteiger partial charge is 0.351 e. The van der Waals surface area contributed by atoms with Gasteiger partial charge in [0.1, 0.15) is 0 Å². The van der Waals surface area contributed by atoms with Crippen molar-refractivity contribution in [1.29, 1.82) is 0 Å². The maximum Gasteiger partial charge on any atom is 0.351 e. The smallest absolute Gasteiger partial charge is 0.339 e. The molecule has 0 aromatic carbocycles. The second kappa shape index (κ2) is 10.1. The van der Waals surface area contributed by atoms with E-state index in [0.717, 1.165) is 29.0 Å². The minimum atomic E-state index is -0.402. The van der Waals surface area contributed by atoms with E-state index in [1.807, 2.05) is 35.0 Å². The molecule has 7 heteroatoms. The molecule has 2 aromatic heterocycles. The number of urea groups is 1. The lowest BCUT2D eigenvalue weighted by Gasteiger charge is -2.21. The van der Waals surface area contributed by atoms with Gasteiger partial charge in [0.25, 0.3) is 0 Å². The van der Waals surface area contributed by atoms with Crippen LogP contribution in [0, 0.1) is 0 Å². The molecule has 5 nitrogen and oxygen atoms in total. The molecule has 0 aliphatic carbocycles. The van der Waals surface area contributed by atoms with Crippen LogP contribution in [0.5, 0.6) is 0 Å². The first kappa shape index (κ1) is 18.5. The Kier molecular flexibility index (Phi) is 7.77. The number of rotatable bonds is 8. The molecule has 0 atom stereocenters. The zero-order chi connectivity index (χ0) is 17.2. The molecule has 0 spiro atoms. The van der Waals surface area contributed by atoms with Crippen molar-refractivity contribution < 1.29 is 14.4 Å². The van der Waals surface area contributed by atoms with Gasteiger partial charge in [-0.2, -0.15) is 5.48 Å². The first-order valence-electron chi connectivity index (χ1n) is 7.98. The van der Waals surface area contributed by atoms with Crippen molar-refractivity contribution in [3.63, 3.8) is 0 Å². The highest BCUT2D eigenvalue weighted by Crippen LogP contribution is 2.17. The second-order valence-corrected chi connectivity index (χ2v) is 7.42. The fourth-order valence-corrected chi connectivity index (χ4v) is 3.56. The highest BCUT2D eigenvalue weighted by Gasteiger charge is 2.17. The van der Waals surface area contributed by atoms with E-state index in [9.17, 15) is 9.59 Å². The van der Waals surface area contributed by atoms with Gasteiger partial charge in [0.15, 0.2) is 0 Å². The van der Waals surface area contributed by atoms with E-state index in [4.69, 9.17) is 4.84 Å². The molecule has 0 saturated heterocycles. The number of carbonyl (C=O) groups is 2. The topological polar surface area (TPSA) is 58.6 Å². The van der Waals surface area contributed by atoms with Crippen molar-refractivity contribution in [2.24, 2.45) is 0 Å². The molecule has 1 N–H and O–H groups in total. The molecule has 0 aliphatic rings. The third-order valence-electron chi connectivity index (χ3n) is 3.38. The van der Waals surface area contributed by atoms with E-state index in [0.29, 0.717) is 19.5 Å². The van der Waals surface area contributed by atoms with Gasteiger partial charge in [-0.1, -0.05) is 31.9 Å². The molecule has 2 rings (SSSR count). The van der Waals surface area contributed by atoms with Crippen LogP contribution < -0.4 is 5.48 Å². The molecule has 0 unspecified atom stereocenters.